The number of ether oxygens (including phenoxy) is 1. The van der Waals surface area contributed by atoms with Gasteiger partial charge >= 0.3 is 0 Å². The highest BCUT2D eigenvalue weighted by atomic mass is 16.5. The standard InChI is InChI=1S/C33H22N2O3/c1-34-32(36)25-15-10-14-24(31(25)33(34)37)22-12-3-2-11-21(22)23-13-4-5-16-26(23)35-27-17-6-8-19-29(27)38-30-20-9-7-18-28(30)35/h2-20H,1H3. The summed E-state index contributed by atoms with van der Waals surface area (Å²) in [5.74, 6) is 1.01. The van der Waals surface area contributed by atoms with Crippen molar-refractivity contribution in [3.05, 3.63) is 126 Å². The molecule has 5 heteroatoms. The van der Waals surface area contributed by atoms with Gasteiger partial charge in [-0.05, 0) is 53.1 Å². The first kappa shape index (κ1) is 22.1. The van der Waals surface area contributed by atoms with E-state index in [1.54, 1.807) is 6.07 Å². The quantitative estimate of drug-likeness (QED) is 0.235. The van der Waals surface area contributed by atoms with Crippen molar-refractivity contribution in [2.45, 2.75) is 0 Å². The molecule has 0 atom stereocenters. The van der Waals surface area contributed by atoms with E-state index in [0.29, 0.717) is 11.1 Å². The fourth-order valence-electron chi connectivity index (χ4n) is 5.44. The molecule has 2 heterocycles. The van der Waals surface area contributed by atoms with Crippen molar-refractivity contribution >= 4 is 28.9 Å². The summed E-state index contributed by atoms with van der Waals surface area (Å²) in [6, 6.07) is 37.8. The van der Waals surface area contributed by atoms with Gasteiger partial charge in [-0.2, -0.15) is 0 Å². The highest BCUT2D eigenvalue weighted by Gasteiger charge is 2.35. The first-order valence-corrected chi connectivity index (χ1v) is 12.4. The molecule has 2 aliphatic heterocycles. The Balaban J connectivity index is 1.47. The predicted molar refractivity (Wildman–Crippen MR) is 148 cm³/mol. The van der Waals surface area contributed by atoms with Crippen LogP contribution in [0.1, 0.15) is 20.7 Å². The molecule has 182 valence electrons. The van der Waals surface area contributed by atoms with Crippen LogP contribution in [0.2, 0.25) is 0 Å². The highest BCUT2D eigenvalue weighted by molar-refractivity contribution is 6.24. The zero-order valence-electron chi connectivity index (χ0n) is 20.6. The third kappa shape index (κ3) is 3.19. The summed E-state index contributed by atoms with van der Waals surface area (Å²) in [4.78, 5) is 29.3. The fraction of sp³-hybridized carbons (Fsp3) is 0.0303. The van der Waals surface area contributed by atoms with Crippen LogP contribution in [0, 0.1) is 0 Å². The van der Waals surface area contributed by atoms with Gasteiger partial charge in [-0.15, -0.1) is 0 Å². The molecular weight excluding hydrogens is 472 g/mol. The van der Waals surface area contributed by atoms with Crippen LogP contribution >= 0.6 is 0 Å². The number of amides is 2. The van der Waals surface area contributed by atoms with Crippen molar-refractivity contribution in [1.29, 1.82) is 0 Å². The largest absolute Gasteiger partial charge is 0.453 e. The average Bonchev–Trinajstić information content (AvgIpc) is 3.19. The molecule has 0 radical (unpaired) electrons. The number of carbonyl (C=O) groups excluding carboxylic acids is 2. The van der Waals surface area contributed by atoms with E-state index in [1.807, 2.05) is 78.9 Å². The molecular formula is C33H22N2O3. The van der Waals surface area contributed by atoms with Gasteiger partial charge in [0.05, 0.1) is 28.2 Å². The molecule has 0 aliphatic carbocycles. The zero-order valence-corrected chi connectivity index (χ0v) is 20.6. The van der Waals surface area contributed by atoms with Crippen LogP contribution in [0.15, 0.2) is 115 Å². The monoisotopic (exact) mass is 494 g/mol. The summed E-state index contributed by atoms with van der Waals surface area (Å²) in [6.07, 6.45) is 0. The Kier molecular flexibility index (Phi) is 4.91. The lowest BCUT2D eigenvalue weighted by Gasteiger charge is -2.34. The Morgan fingerprint density at radius 3 is 1.61 bits per heavy atom. The Morgan fingerprint density at radius 1 is 0.474 bits per heavy atom. The summed E-state index contributed by atoms with van der Waals surface area (Å²) in [6.45, 7) is 0. The van der Waals surface area contributed by atoms with Crippen molar-refractivity contribution < 1.29 is 14.3 Å². The SMILES string of the molecule is CN1C(=O)c2cccc(-c3ccccc3-c3ccccc3N3c4ccccc4Oc4ccccc43)c2C1=O. The summed E-state index contributed by atoms with van der Waals surface area (Å²) in [5, 5.41) is 0. The van der Waals surface area contributed by atoms with Crippen molar-refractivity contribution in [3.8, 4) is 33.8 Å². The number of hydrogen-bond donors (Lipinski definition) is 0. The smallest absolute Gasteiger partial charge is 0.261 e. The molecule has 0 aromatic heterocycles. The molecule has 0 bridgehead atoms. The van der Waals surface area contributed by atoms with Crippen LogP contribution in [0.4, 0.5) is 17.1 Å². The van der Waals surface area contributed by atoms with Gasteiger partial charge in [-0.1, -0.05) is 78.9 Å². The highest BCUT2D eigenvalue weighted by Crippen LogP contribution is 2.52. The number of carbonyl (C=O) groups is 2. The molecule has 0 saturated heterocycles. The minimum Gasteiger partial charge on any atom is -0.453 e. The molecule has 5 aromatic rings. The normalized spacial score (nSPS) is 13.6. The molecule has 0 saturated carbocycles. The van der Waals surface area contributed by atoms with E-state index in [0.717, 1.165) is 50.8 Å². The Hall–Kier alpha value is -5.16. The van der Waals surface area contributed by atoms with Gasteiger partial charge in [0.2, 0.25) is 0 Å². The van der Waals surface area contributed by atoms with Crippen molar-refractivity contribution in [2.24, 2.45) is 0 Å². The lowest BCUT2D eigenvalue weighted by Crippen LogP contribution is -2.24. The minimum absolute atomic E-state index is 0.272. The third-order valence-corrected chi connectivity index (χ3v) is 7.20. The van der Waals surface area contributed by atoms with Gasteiger partial charge in [0, 0.05) is 12.6 Å². The first-order valence-electron chi connectivity index (χ1n) is 12.4. The number of fused-ring (bicyclic) bond motifs is 3. The number of anilines is 3. The maximum absolute atomic E-state index is 13.1. The van der Waals surface area contributed by atoms with Crippen LogP contribution in [0.25, 0.3) is 22.3 Å². The van der Waals surface area contributed by atoms with E-state index in [1.165, 1.54) is 11.9 Å². The van der Waals surface area contributed by atoms with Gasteiger partial charge in [0.15, 0.2) is 11.5 Å². The summed E-state index contributed by atoms with van der Waals surface area (Å²) in [5.41, 5.74) is 7.36. The van der Waals surface area contributed by atoms with Crippen LogP contribution in [0.5, 0.6) is 11.5 Å². The molecule has 5 aromatic carbocycles. The van der Waals surface area contributed by atoms with Crippen molar-refractivity contribution in [1.82, 2.24) is 4.90 Å². The fourth-order valence-corrected chi connectivity index (χ4v) is 5.44. The molecule has 0 fully saturated rings. The number of benzene rings is 5. The van der Waals surface area contributed by atoms with Gasteiger partial charge in [0.1, 0.15) is 0 Å². The Bertz CT molecular complexity index is 1730. The van der Waals surface area contributed by atoms with E-state index in [4.69, 9.17) is 4.74 Å². The van der Waals surface area contributed by atoms with Gasteiger partial charge < -0.3 is 9.64 Å². The Morgan fingerprint density at radius 2 is 0.947 bits per heavy atom. The van der Waals surface area contributed by atoms with Crippen LogP contribution in [-0.4, -0.2) is 23.8 Å². The maximum Gasteiger partial charge on any atom is 0.261 e. The Labute approximate surface area is 220 Å². The van der Waals surface area contributed by atoms with Gasteiger partial charge in [0.25, 0.3) is 11.8 Å². The zero-order chi connectivity index (χ0) is 25.8. The van der Waals surface area contributed by atoms with Crippen LogP contribution < -0.4 is 9.64 Å². The average molecular weight is 495 g/mol. The van der Waals surface area contributed by atoms with E-state index in [9.17, 15) is 9.59 Å². The molecule has 38 heavy (non-hydrogen) atoms. The first-order chi connectivity index (χ1) is 18.6. The lowest BCUT2D eigenvalue weighted by molar-refractivity contribution is 0.0693. The molecule has 0 N–H and O–H groups in total. The number of hydrogen-bond acceptors (Lipinski definition) is 4. The molecule has 2 amide bonds. The van der Waals surface area contributed by atoms with Crippen molar-refractivity contribution in [2.75, 3.05) is 11.9 Å². The summed E-state index contributed by atoms with van der Waals surface area (Å²) >= 11 is 0. The topological polar surface area (TPSA) is 49.9 Å². The second-order valence-corrected chi connectivity index (χ2v) is 9.33. The second-order valence-electron chi connectivity index (χ2n) is 9.33. The molecule has 2 aliphatic rings. The molecule has 7 rings (SSSR count). The maximum atomic E-state index is 13.1. The van der Waals surface area contributed by atoms with Gasteiger partial charge in [-0.3, -0.25) is 14.5 Å². The van der Waals surface area contributed by atoms with E-state index in [-0.39, 0.29) is 11.8 Å². The third-order valence-electron chi connectivity index (χ3n) is 7.20. The van der Waals surface area contributed by atoms with E-state index >= 15 is 0 Å². The number of para-hydroxylation sites is 5. The molecule has 0 spiro atoms. The number of imide groups is 1. The lowest BCUT2D eigenvalue weighted by atomic mass is 9.89. The minimum atomic E-state index is -0.278. The second kappa shape index (κ2) is 8.46. The van der Waals surface area contributed by atoms with E-state index < -0.39 is 0 Å². The molecule has 5 nitrogen and oxygen atoms in total. The number of nitrogens with zero attached hydrogens (tertiary/aromatic N) is 2. The van der Waals surface area contributed by atoms with Gasteiger partial charge in [-0.25, -0.2) is 0 Å². The molecule has 0 unspecified atom stereocenters. The van der Waals surface area contributed by atoms with Crippen molar-refractivity contribution in [3.63, 3.8) is 0 Å². The summed E-state index contributed by atoms with van der Waals surface area (Å²) in [7, 11) is 1.53. The van der Waals surface area contributed by atoms with E-state index in [2.05, 4.69) is 35.2 Å². The number of rotatable bonds is 3. The predicted octanol–water partition coefficient (Wildman–Crippen LogP) is 7.82. The van der Waals surface area contributed by atoms with Crippen LogP contribution in [-0.2, 0) is 0 Å². The van der Waals surface area contributed by atoms with Crippen LogP contribution in [0.3, 0.4) is 0 Å². The summed E-state index contributed by atoms with van der Waals surface area (Å²) < 4.78 is 6.23.